The highest BCUT2D eigenvalue weighted by molar-refractivity contribution is 7.86. The highest BCUT2D eigenvalue weighted by Crippen LogP contribution is 2.53. The molecule has 13 nitrogen and oxygen atoms in total. The first kappa shape index (κ1) is 42.4. The SMILES string of the molecule is CCC1=CC(C)(C)N2CCCc3c4c(cc1c32)C(c1nc2cc(C)ccc2n1CCCCCC(=O)ON1C(=O)CCC1=O)=c1cc2c3c(c1O4)CCC[N+]=3C(C)(C)C=C2CS(=O)(=O)[O-]. The van der Waals surface area contributed by atoms with E-state index < -0.39 is 39.2 Å². The van der Waals surface area contributed by atoms with Gasteiger partial charge in [-0.15, -0.1) is 5.06 Å². The maximum atomic E-state index is 12.7. The van der Waals surface area contributed by atoms with Crippen molar-refractivity contribution in [2.24, 2.45) is 0 Å². The number of nitrogens with zero attached hydrogens (tertiary/aromatic N) is 5. The minimum Gasteiger partial charge on any atom is -0.748 e. The molecular formula is C50H55N5O8S. The minimum atomic E-state index is -4.63. The monoisotopic (exact) mass is 885 g/mol. The first-order chi connectivity index (χ1) is 30.4. The van der Waals surface area contributed by atoms with Crippen molar-refractivity contribution < 1.29 is 36.9 Å². The molecule has 0 unspecified atom stereocenters. The number of amides is 2. The zero-order valence-electron chi connectivity index (χ0n) is 37.6. The molecule has 14 heteroatoms. The van der Waals surface area contributed by atoms with Crippen molar-refractivity contribution in [1.82, 2.24) is 19.2 Å². The van der Waals surface area contributed by atoms with Crippen LogP contribution in [-0.2, 0) is 48.7 Å². The number of anilines is 1. The van der Waals surface area contributed by atoms with Crippen molar-refractivity contribution in [3.63, 3.8) is 0 Å². The third-order valence-corrected chi connectivity index (χ3v) is 14.7. The highest BCUT2D eigenvalue weighted by atomic mass is 32.2. The van der Waals surface area contributed by atoms with Crippen LogP contribution in [0, 0.1) is 6.92 Å². The van der Waals surface area contributed by atoms with E-state index in [1.165, 1.54) is 22.4 Å². The summed E-state index contributed by atoms with van der Waals surface area (Å²) >= 11 is 0. The maximum absolute atomic E-state index is 12.7. The van der Waals surface area contributed by atoms with Crippen molar-refractivity contribution >= 4 is 61.3 Å². The van der Waals surface area contributed by atoms with Crippen LogP contribution in [-0.4, -0.2) is 75.3 Å². The fraction of sp³-hybridized carbons (Fsp3) is 0.460. The molecule has 4 aromatic rings. The number of benzene rings is 3. The van der Waals surface area contributed by atoms with Crippen molar-refractivity contribution in [2.45, 2.75) is 130 Å². The van der Waals surface area contributed by atoms with Crippen molar-refractivity contribution in [3.05, 3.63) is 92.3 Å². The molecular weight excluding hydrogens is 831 g/mol. The number of imide groups is 1. The molecule has 1 fully saturated rings. The second kappa shape index (κ2) is 15.3. The predicted octanol–water partition coefficient (Wildman–Crippen LogP) is 6.36. The molecule has 1 aromatic heterocycles. The molecule has 0 spiro atoms. The van der Waals surface area contributed by atoms with Gasteiger partial charge >= 0.3 is 5.97 Å². The Bertz CT molecular complexity index is 3050. The number of unbranched alkanes of at least 4 members (excludes halogenated alkanes) is 2. The van der Waals surface area contributed by atoms with Crippen LogP contribution in [0.5, 0.6) is 11.5 Å². The van der Waals surface area contributed by atoms with Gasteiger partial charge in [0.2, 0.25) is 5.36 Å². The van der Waals surface area contributed by atoms with Crippen molar-refractivity contribution in [2.75, 3.05) is 23.7 Å². The average Bonchev–Trinajstić information content (AvgIpc) is 3.75. The number of rotatable bonds is 11. The van der Waals surface area contributed by atoms with E-state index in [0.29, 0.717) is 36.4 Å². The smallest absolute Gasteiger partial charge is 0.333 e. The van der Waals surface area contributed by atoms with Gasteiger partial charge in [0.15, 0.2) is 5.54 Å². The summed E-state index contributed by atoms with van der Waals surface area (Å²) in [5.74, 6) is 0.127. The standard InChI is InChI=1S/C50H55N5O8S/c1-7-30-26-49(3,4)53-21-11-13-32-44(53)34(30)24-36-43(37-25-35-31(28-64(59,60)61)27-50(5,6)54-22-12-14-33(45(35)54)47(37)62-46(32)36)48-51-38-23-29(2)16-17-39(38)52(48)20-10-8-9-15-42(58)63-55-40(56)18-19-41(55)57/h16-17,23-27H,7-15,18-22,28H2,1-6H3. The quantitative estimate of drug-likeness (QED) is 0.0634. The van der Waals surface area contributed by atoms with Crippen molar-refractivity contribution in [3.8, 4) is 11.5 Å². The summed E-state index contributed by atoms with van der Waals surface area (Å²) in [5, 5.41) is 2.35. The zero-order valence-corrected chi connectivity index (χ0v) is 38.4. The summed E-state index contributed by atoms with van der Waals surface area (Å²) in [7, 11) is -4.63. The first-order valence-electron chi connectivity index (χ1n) is 22.9. The van der Waals surface area contributed by atoms with Gasteiger partial charge in [-0.25, -0.2) is 22.8 Å². The second-order valence-corrected chi connectivity index (χ2v) is 20.8. The average molecular weight is 886 g/mol. The molecule has 0 saturated carbocycles. The third kappa shape index (κ3) is 6.99. The molecule has 1 saturated heterocycles. The maximum Gasteiger partial charge on any atom is 0.333 e. The number of carbonyl (C=O) groups is 3. The molecule has 0 N–H and O–H groups in total. The number of fused-ring (bicyclic) bond motifs is 5. The number of carbonyl (C=O) groups excluding carboxylic acids is 3. The highest BCUT2D eigenvalue weighted by Gasteiger charge is 2.43. The van der Waals surface area contributed by atoms with Gasteiger partial charge in [-0.2, -0.15) is 0 Å². The number of ether oxygens (including phenoxy) is 1. The molecule has 3 aromatic carbocycles. The molecule has 2 amide bonds. The van der Waals surface area contributed by atoms with Gasteiger partial charge < -0.3 is 23.6 Å². The van der Waals surface area contributed by atoms with E-state index in [9.17, 15) is 27.4 Å². The second-order valence-electron chi connectivity index (χ2n) is 19.4. The summed E-state index contributed by atoms with van der Waals surface area (Å²) in [5.41, 5.74) is 11.1. The van der Waals surface area contributed by atoms with Gasteiger partial charge in [-0.3, -0.25) is 9.59 Å². The molecule has 334 valence electrons. The fourth-order valence-electron chi connectivity index (χ4n) is 11.2. The molecule has 6 aliphatic heterocycles. The lowest BCUT2D eigenvalue weighted by atomic mass is 9.79. The Hall–Kier alpha value is -5.60. The van der Waals surface area contributed by atoms with E-state index >= 15 is 0 Å². The summed E-state index contributed by atoms with van der Waals surface area (Å²) in [6.07, 6.45) is 10.6. The molecule has 6 aliphatic rings. The van der Waals surface area contributed by atoms with E-state index in [-0.39, 0.29) is 24.8 Å². The molecule has 0 aliphatic carbocycles. The van der Waals surface area contributed by atoms with Crippen LogP contribution in [0.15, 0.2) is 42.5 Å². The molecule has 64 heavy (non-hydrogen) atoms. The number of hydroxylamine groups is 2. The van der Waals surface area contributed by atoms with E-state index in [0.717, 1.165) is 112 Å². The number of imidazole rings is 1. The van der Waals surface area contributed by atoms with E-state index in [2.05, 4.69) is 92.0 Å². The van der Waals surface area contributed by atoms with Gasteiger partial charge in [0.05, 0.1) is 49.3 Å². The van der Waals surface area contributed by atoms with Crippen LogP contribution >= 0.6 is 0 Å². The summed E-state index contributed by atoms with van der Waals surface area (Å²) < 4.78 is 49.8. The summed E-state index contributed by atoms with van der Waals surface area (Å²) in [4.78, 5) is 49.9. The Morgan fingerprint density at radius 3 is 2.42 bits per heavy atom. The van der Waals surface area contributed by atoms with Crippen LogP contribution in [0.25, 0.3) is 27.8 Å². The largest absolute Gasteiger partial charge is 0.748 e. The fourth-order valence-corrected chi connectivity index (χ4v) is 11.9. The van der Waals surface area contributed by atoms with Crippen LogP contribution < -0.4 is 24.8 Å². The number of aryl methyl sites for hydroxylation is 2. The van der Waals surface area contributed by atoms with E-state index in [1.807, 2.05) is 6.08 Å². The Balaban J connectivity index is 1.18. The molecule has 10 rings (SSSR count). The lowest BCUT2D eigenvalue weighted by molar-refractivity contribution is -0.197. The van der Waals surface area contributed by atoms with Gasteiger partial charge in [-0.1, -0.05) is 25.5 Å². The Labute approximate surface area is 373 Å². The first-order valence-corrected chi connectivity index (χ1v) is 24.4. The predicted molar refractivity (Wildman–Crippen MR) is 243 cm³/mol. The Morgan fingerprint density at radius 2 is 1.67 bits per heavy atom. The minimum absolute atomic E-state index is 0.0457. The van der Waals surface area contributed by atoms with E-state index in [4.69, 9.17) is 14.6 Å². The van der Waals surface area contributed by atoms with Crippen LogP contribution in [0.4, 0.5) is 5.69 Å². The van der Waals surface area contributed by atoms with Crippen molar-refractivity contribution in [1.29, 1.82) is 0 Å². The van der Waals surface area contributed by atoms with E-state index in [1.54, 1.807) is 0 Å². The number of hydrogen-bond acceptors (Lipinski definition) is 10. The van der Waals surface area contributed by atoms with Gasteiger partial charge in [0, 0.05) is 80.1 Å². The molecule has 7 heterocycles. The van der Waals surface area contributed by atoms with Gasteiger partial charge in [0.1, 0.15) is 23.9 Å². The normalized spacial score (nSPS) is 19.2. The Morgan fingerprint density at radius 1 is 0.906 bits per heavy atom. The topological polar surface area (TPSA) is 154 Å². The zero-order chi connectivity index (χ0) is 45.0. The molecule has 0 atom stereocenters. The number of hydrogen-bond donors (Lipinski definition) is 0. The lowest BCUT2D eigenvalue weighted by Crippen LogP contribution is -2.53. The summed E-state index contributed by atoms with van der Waals surface area (Å²) in [6, 6.07) is 10.6. The summed E-state index contributed by atoms with van der Waals surface area (Å²) in [6.45, 7) is 15.3. The molecule has 0 bridgehead atoms. The van der Waals surface area contributed by atoms with Crippen LogP contribution in [0.2, 0.25) is 0 Å². The van der Waals surface area contributed by atoms with Gasteiger partial charge in [0.25, 0.3) is 11.8 Å². The van der Waals surface area contributed by atoms with Gasteiger partial charge in [-0.05, 0) is 106 Å². The van der Waals surface area contributed by atoms with Crippen LogP contribution in [0.3, 0.4) is 0 Å². The third-order valence-electron chi connectivity index (χ3n) is 14.0. The molecule has 0 radical (unpaired) electrons. The Kier molecular flexibility index (Phi) is 10.1. The lowest BCUT2D eigenvalue weighted by Gasteiger charge is -2.47. The number of allylic oxidation sites excluding steroid dienone is 1. The van der Waals surface area contributed by atoms with Crippen LogP contribution in [0.1, 0.15) is 132 Å². The number of aromatic nitrogens is 2.